The molecule has 1 atom stereocenters. The average molecular weight is 241 g/mol. The molecule has 0 spiro atoms. The van der Waals surface area contributed by atoms with Crippen LogP contribution in [0.25, 0.3) is 0 Å². The van der Waals surface area contributed by atoms with Crippen molar-refractivity contribution in [2.45, 2.75) is 6.42 Å². The molecule has 1 aliphatic heterocycles. The van der Waals surface area contributed by atoms with E-state index in [2.05, 4.69) is 4.72 Å². The Morgan fingerprint density at radius 1 is 1.44 bits per heavy atom. The van der Waals surface area contributed by atoms with Crippen molar-refractivity contribution in [1.82, 2.24) is 4.72 Å². The summed E-state index contributed by atoms with van der Waals surface area (Å²) in [7, 11) is -3.11. The van der Waals surface area contributed by atoms with Crippen molar-refractivity contribution in [3.05, 3.63) is 29.8 Å². The van der Waals surface area contributed by atoms with E-state index < -0.39 is 10.0 Å². The van der Waals surface area contributed by atoms with E-state index in [1.807, 2.05) is 24.3 Å². The third-order valence-electron chi connectivity index (χ3n) is 2.59. The molecule has 5 heteroatoms. The molecule has 0 radical (unpaired) electrons. The molecular formula is C11H15NO3S. The lowest BCUT2D eigenvalue weighted by molar-refractivity contribution is 0.223. The first-order valence-corrected chi connectivity index (χ1v) is 7.09. The Bertz CT molecular complexity index is 470. The Morgan fingerprint density at radius 2 is 2.19 bits per heavy atom. The van der Waals surface area contributed by atoms with Gasteiger partial charge >= 0.3 is 0 Å². The van der Waals surface area contributed by atoms with Gasteiger partial charge in [0.05, 0.1) is 12.9 Å². The van der Waals surface area contributed by atoms with Gasteiger partial charge in [0.25, 0.3) is 0 Å². The fraction of sp³-hybridized carbons (Fsp3) is 0.455. The summed E-state index contributed by atoms with van der Waals surface area (Å²) >= 11 is 0. The summed E-state index contributed by atoms with van der Waals surface area (Å²) < 4.78 is 30.0. The lowest BCUT2D eigenvalue weighted by atomic mass is 9.97. The third kappa shape index (κ3) is 2.96. The maximum absolute atomic E-state index is 11.0. The van der Waals surface area contributed by atoms with Crippen LogP contribution in [0.4, 0.5) is 0 Å². The first kappa shape index (κ1) is 11.4. The van der Waals surface area contributed by atoms with Crippen LogP contribution in [-0.2, 0) is 16.4 Å². The monoisotopic (exact) mass is 241 g/mol. The third-order valence-corrected chi connectivity index (χ3v) is 3.28. The van der Waals surface area contributed by atoms with E-state index in [1.54, 1.807) is 0 Å². The molecule has 16 heavy (non-hydrogen) atoms. The fourth-order valence-electron chi connectivity index (χ4n) is 1.79. The number of rotatable bonds is 3. The van der Waals surface area contributed by atoms with E-state index in [4.69, 9.17) is 4.74 Å². The van der Waals surface area contributed by atoms with Gasteiger partial charge in [0, 0.05) is 12.5 Å². The number of fused-ring (bicyclic) bond motifs is 1. The SMILES string of the molecule is CS(=O)(=O)NC[C@H]1COc2ccccc2C1. The molecule has 0 unspecified atom stereocenters. The lowest BCUT2D eigenvalue weighted by Crippen LogP contribution is -2.34. The van der Waals surface area contributed by atoms with Crippen LogP contribution in [0.5, 0.6) is 5.75 Å². The molecule has 1 aromatic rings. The normalized spacial score (nSPS) is 19.9. The minimum atomic E-state index is -3.11. The molecule has 1 N–H and O–H groups in total. The lowest BCUT2D eigenvalue weighted by Gasteiger charge is -2.25. The van der Waals surface area contributed by atoms with Gasteiger partial charge in [-0.2, -0.15) is 0 Å². The summed E-state index contributed by atoms with van der Waals surface area (Å²) in [6, 6.07) is 7.86. The molecule has 1 heterocycles. The quantitative estimate of drug-likeness (QED) is 0.851. The van der Waals surface area contributed by atoms with Crippen molar-refractivity contribution in [3.63, 3.8) is 0 Å². The van der Waals surface area contributed by atoms with Crippen molar-refractivity contribution in [3.8, 4) is 5.75 Å². The molecule has 88 valence electrons. The van der Waals surface area contributed by atoms with Gasteiger partial charge < -0.3 is 4.74 Å². The standard InChI is InChI=1S/C11H15NO3S/c1-16(13,14)12-7-9-6-10-4-2-3-5-11(10)15-8-9/h2-5,9,12H,6-8H2,1H3/t9-/m0/s1. The average Bonchev–Trinajstić information content (AvgIpc) is 2.25. The molecule has 0 saturated carbocycles. The molecule has 1 aliphatic rings. The van der Waals surface area contributed by atoms with Crippen LogP contribution in [0, 0.1) is 5.92 Å². The summed E-state index contributed by atoms with van der Waals surface area (Å²) in [6.45, 7) is 1.01. The highest BCUT2D eigenvalue weighted by atomic mass is 32.2. The molecule has 0 aliphatic carbocycles. The molecule has 2 rings (SSSR count). The number of para-hydroxylation sites is 1. The van der Waals surface area contributed by atoms with Crippen LogP contribution in [0.2, 0.25) is 0 Å². The molecule has 0 saturated heterocycles. The van der Waals surface area contributed by atoms with Gasteiger partial charge in [0.2, 0.25) is 10.0 Å². The van der Waals surface area contributed by atoms with Gasteiger partial charge in [-0.1, -0.05) is 18.2 Å². The molecular weight excluding hydrogens is 226 g/mol. The van der Waals surface area contributed by atoms with E-state index in [1.165, 1.54) is 6.26 Å². The first-order chi connectivity index (χ1) is 7.54. The van der Waals surface area contributed by atoms with Gasteiger partial charge in [-0.05, 0) is 18.1 Å². The second kappa shape index (κ2) is 4.43. The number of nitrogens with one attached hydrogen (secondary N) is 1. The summed E-state index contributed by atoms with van der Waals surface area (Å²) in [5.74, 6) is 1.13. The highest BCUT2D eigenvalue weighted by Crippen LogP contribution is 2.26. The fourth-order valence-corrected chi connectivity index (χ4v) is 2.33. The first-order valence-electron chi connectivity index (χ1n) is 5.20. The van der Waals surface area contributed by atoms with Crippen LogP contribution in [0.1, 0.15) is 5.56 Å². The van der Waals surface area contributed by atoms with Crippen molar-refractivity contribution in [2.75, 3.05) is 19.4 Å². The van der Waals surface area contributed by atoms with Crippen LogP contribution in [0.3, 0.4) is 0 Å². The predicted octanol–water partition coefficient (Wildman–Crippen LogP) is 0.787. The van der Waals surface area contributed by atoms with Gasteiger partial charge in [-0.25, -0.2) is 13.1 Å². The van der Waals surface area contributed by atoms with Crippen molar-refractivity contribution < 1.29 is 13.2 Å². The van der Waals surface area contributed by atoms with Gasteiger partial charge in [-0.3, -0.25) is 0 Å². The number of ether oxygens (including phenoxy) is 1. The molecule has 0 bridgehead atoms. The smallest absolute Gasteiger partial charge is 0.208 e. The zero-order valence-electron chi connectivity index (χ0n) is 9.14. The Kier molecular flexibility index (Phi) is 3.16. The second-order valence-electron chi connectivity index (χ2n) is 4.11. The Morgan fingerprint density at radius 3 is 2.94 bits per heavy atom. The second-order valence-corrected chi connectivity index (χ2v) is 5.94. The summed E-state index contributed by atoms with van der Waals surface area (Å²) in [5.41, 5.74) is 1.15. The van der Waals surface area contributed by atoms with E-state index in [9.17, 15) is 8.42 Å². The minimum Gasteiger partial charge on any atom is -0.493 e. The van der Waals surface area contributed by atoms with Crippen LogP contribution < -0.4 is 9.46 Å². The maximum Gasteiger partial charge on any atom is 0.208 e. The maximum atomic E-state index is 11.0. The van der Waals surface area contributed by atoms with Crippen molar-refractivity contribution in [2.24, 2.45) is 5.92 Å². The van der Waals surface area contributed by atoms with E-state index in [0.717, 1.165) is 17.7 Å². The summed E-state index contributed by atoms with van der Waals surface area (Å²) in [6.07, 6.45) is 2.03. The zero-order valence-corrected chi connectivity index (χ0v) is 9.96. The Balaban J connectivity index is 1.98. The van der Waals surface area contributed by atoms with E-state index >= 15 is 0 Å². The number of hydrogen-bond acceptors (Lipinski definition) is 3. The summed E-state index contributed by atoms with van der Waals surface area (Å²) in [5, 5.41) is 0. The van der Waals surface area contributed by atoms with Gasteiger partial charge in [-0.15, -0.1) is 0 Å². The molecule has 0 amide bonds. The number of benzene rings is 1. The Labute approximate surface area is 95.7 Å². The number of hydrogen-bond donors (Lipinski definition) is 1. The minimum absolute atomic E-state index is 0.213. The molecule has 0 aromatic heterocycles. The topological polar surface area (TPSA) is 55.4 Å². The highest BCUT2D eigenvalue weighted by Gasteiger charge is 2.20. The summed E-state index contributed by atoms with van der Waals surface area (Å²) in [4.78, 5) is 0. The highest BCUT2D eigenvalue weighted by molar-refractivity contribution is 7.88. The van der Waals surface area contributed by atoms with Gasteiger partial charge in [0.15, 0.2) is 0 Å². The van der Waals surface area contributed by atoms with Crippen molar-refractivity contribution >= 4 is 10.0 Å². The number of sulfonamides is 1. The zero-order chi connectivity index (χ0) is 11.6. The molecule has 4 nitrogen and oxygen atoms in total. The van der Waals surface area contributed by atoms with Crippen LogP contribution in [-0.4, -0.2) is 27.8 Å². The largest absolute Gasteiger partial charge is 0.493 e. The molecule has 1 aromatic carbocycles. The van der Waals surface area contributed by atoms with Crippen molar-refractivity contribution in [1.29, 1.82) is 0 Å². The van der Waals surface area contributed by atoms with Gasteiger partial charge in [0.1, 0.15) is 5.75 Å². The predicted molar refractivity (Wildman–Crippen MR) is 62.0 cm³/mol. The van der Waals surface area contributed by atoms with E-state index in [-0.39, 0.29) is 5.92 Å². The van der Waals surface area contributed by atoms with Crippen LogP contribution in [0.15, 0.2) is 24.3 Å². The Hall–Kier alpha value is -1.07. The van der Waals surface area contributed by atoms with E-state index in [0.29, 0.717) is 13.2 Å². The van der Waals surface area contributed by atoms with Crippen LogP contribution >= 0.6 is 0 Å². The molecule has 0 fully saturated rings.